The van der Waals surface area contributed by atoms with Crippen LogP contribution in [0.2, 0.25) is 0 Å². The van der Waals surface area contributed by atoms with E-state index < -0.39 is 10.0 Å². The van der Waals surface area contributed by atoms with E-state index in [1.807, 2.05) is 6.92 Å². The standard InChI is InChI=1S/C17H22N4O3S/c1-13-18-12-14(20-13)9-10-19-25(23,24)16-7-5-15(6-8-16)21-11-3-2-4-17(21)22/h5-8,12,19H,2-4,9-11H2,1H3,(H,18,20). The van der Waals surface area contributed by atoms with Gasteiger partial charge in [-0.2, -0.15) is 0 Å². The highest BCUT2D eigenvalue weighted by Crippen LogP contribution is 2.22. The van der Waals surface area contributed by atoms with Gasteiger partial charge in [0.15, 0.2) is 0 Å². The van der Waals surface area contributed by atoms with Crippen LogP contribution in [-0.4, -0.2) is 37.4 Å². The summed E-state index contributed by atoms with van der Waals surface area (Å²) in [5.74, 6) is 0.899. The molecule has 2 aromatic rings. The number of aromatic nitrogens is 2. The number of amides is 1. The quantitative estimate of drug-likeness (QED) is 0.818. The van der Waals surface area contributed by atoms with E-state index in [1.165, 1.54) is 0 Å². The Hall–Kier alpha value is -2.19. The van der Waals surface area contributed by atoms with Gasteiger partial charge in [-0.1, -0.05) is 0 Å². The molecule has 2 heterocycles. The summed E-state index contributed by atoms with van der Waals surface area (Å²) >= 11 is 0. The van der Waals surface area contributed by atoms with Crippen LogP contribution in [0.15, 0.2) is 35.4 Å². The van der Waals surface area contributed by atoms with Crippen LogP contribution >= 0.6 is 0 Å². The van der Waals surface area contributed by atoms with Crippen molar-refractivity contribution in [1.29, 1.82) is 0 Å². The first-order valence-corrected chi connectivity index (χ1v) is 9.84. The van der Waals surface area contributed by atoms with Crippen molar-refractivity contribution in [2.75, 3.05) is 18.0 Å². The number of carbonyl (C=O) groups is 1. The minimum absolute atomic E-state index is 0.0924. The molecule has 0 unspecified atom stereocenters. The Bertz CT molecular complexity index is 843. The molecule has 1 saturated heterocycles. The number of rotatable bonds is 6. The number of benzene rings is 1. The Morgan fingerprint density at radius 2 is 2.00 bits per heavy atom. The molecule has 1 fully saturated rings. The SMILES string of the molecule is Cc1ncc(CCNS(=O)(=O)c2ccc(N3CCCCC3=O)cc2)[nH]1. The number of anilines is 1. The molecule has 3 rings (SSSR count). The highest BCUT2D eigenvalue weighted by Gasteiger charge is 2.20. The Morgan fingerprint density at radius 3 is 2.64 bits per heavy atom. The lowest BCUT2D eigenvalue weighted by molar-refractivity contribution is -0.119. The van der Waals surface area contributed by atoms with E-state index in [9.17, 15) is 13.2 Å². The minimum atomic E-state index is -3.57. The number of carbonyl (C=O) groups excluding carboxylic acids is 1. The number of H-pyrrole nitrogens is 1. The first-order chi connectivity index (χ1) is 12.0. The van der Waals surface area contributed by atoms with Crippen molar-refractivity contribution in [2.24, 2.45) is 0 Å². The van der Waals surface area contributed by atoms with E-state index in [2.05, 4.69) is 14.7 Å². The van der Waals surface area contributed by atoms with E-state index in [1.54, 1.807) is 35.4 Å². The van der Waals surface area contributed by atoms with Crippen molar-refractivity contribution in [3.8, 4) is 0 Å². The van der Waals surface area contributed by atoms with E-state index in [-0.39, 0.29) is 17.3 Å². The Labute approximate surface area is 147 Å². The van der Waals surface area contributed by atoms with Gasteiger partial charge in [0.2, 0.25) is 15.9 Å². The lowest BCUT2D eigenvalue weighted by atomic mass is 10.1. The van der Waals surface area contributed by atoms with Gasteiger partial charge in [0.1, 0.15) is 5.82 Å². The van der Waals surface area contributed by atoms with Gasteiger partial charge in [-0.15, -0.1) is 0 Å². The van der Waals surface area contributed by atoms with Gasteiger partial charge < -0.3 is 9.88 Å². The zero-order valence-electron chi connectivity index (χ0n) is 14.2. The maximum Gasteiger partial charge on any atom is 0.240 e. The molecule has 8 heteroatoms. The second-order valence-corrected chi connectivity index (χ2v) is 7.90. The van der Waals surface area contributed by atoms with Gasteiger partial charge in [0, 0.05) is 43.5 Å². The number of sulfonamides is 1. The van der Waals surface area contributed by atoms with Gasteiger partial charge in [0.25, 0.3) is 0 Å². The molecule has 2 N–H and O–H groups in total. The van der Waals surface area contributed by atoms with E-state index in [0.717, 1.165) is 30.0 Å². The number of hydrogen-bond acceptors (Lipinski definition) is 4. The molecule has 134 valence electrons. The molecule has 0 aliphatic carbocycles. The third kappa shape index (κ3) is 4.26. The summed E-state index contributed by atoms with van der Waals surface area (Å²) < 4.78 is 27.3. The van der Waals surface area contributed by atoms with Crippen molar-refractivity contribution in [3.05, 3.63) is 42.0 Å². The predicted octanol–water partition coefficient (Wildman–Crippen LogP) is 1.76. The van der Waals surface area contributed by atoms with Crippen LogP contribution in [0, 0.1) is 6.92 Å². The summed E-state index contributed by atoms with van der Waals surface area (Å²) in [7, 11) is -3.57. The Morgan fingerprint density at radius 1 is 1.24 bits per heavy atom. The lowest BCUT2D eigenvalue weighted by Crippen LogP contribution is -2.35. The van der Waals surface area contributed by atoms with Crippen molar-refractivity contribution in [3.63, 3.8) is 0 Å². The molecule has 7 nitrogen and oxygen atoms in total. The predicted molar refractivity (Wildman–Crippen MR) is 94.9 cm³/mol. The van der Waals surface area contributed by atoms with E-state index >= 15 is 0 Å². The summed E-state index contributed by atoms with van der Waals surface area (Å²) in [6.45, 7) is 2.82. The van der Waals surface area contributed by atoms with Crippen LogP contribution in [0.1, 0.15) is 30.8 Å². The summed E-state index contributed by atoms with van der Waals surface area (Å²) in [5, 5.41) is 0. The number of nitrogens with zero attached hydrogens (tertiary/aromatic N) is 2. The number of piperidine rings is 1. The Kier molecular flexibility index (Phi) is 5.19. The first-order valence-electron chi connectivity index (χ1n) is 8.36. The number of hydrogen-bond donors (Lipinski definition) is 2. The molecule has 1 aliphatic rings. The third-order valence-corrected chi connectivity index (χ3v) is 5.70. The van der Waals surface area contributed by atoms with Crippen LogP contribution in [0.5, 0.6) is 0 Å². The molecule has 1 aliphatic heterocycles. The zero-order valence-corrected chi connectivity index (χ0v) is 15.0. The molecular weight excluding hydrogens is 340 g/mol. The average molecular weight is 362 g/mol. The molecule has 0 radical (unpaired) electrons. The van der Waals surface area contributed by atoms with E-state index in [0.29, 0.717) is 19.4 Å². The van der Waals surface area contributed by atoms with Crippen molar-refractivity contribution in [1.82, 2.24) is 14.7 Å². The molecule has 0 saturated carbocycles. The van der Waals surface area contributed by atoms with Crippen LogP contribution in [-0.2, 0) is 21.2 Å². The maximum atomic E-state index is 12.4. The fourth-order valence-corrected chi connectivity index (χ4v) is 3.92. The molecule has 1 amide bonds. The molecule has 0 atom stereocenters. The molecule has 1 aromatic carbocycles. The van der Waals surface area contributed by atoms with Crippen LogP contribution < -0.4 is 9.62 Å². The van der Waals surface area contributed by atoms with Gasteiger partial charge >= 0.3 is 0 Å². The monoisotopic (exact) mass is 362 g/mol. The zero-order chi connectivity index (χ0) is 17.9. The lowest BCUT2D eigenvalue weighted by Gasteiger charge is -2.26. The van der Waals surface area contributed by atoms with Gasteiger partial charge in [-0.05, 0) is 44.0 Å². The number of aryl methyl sites for hydroxylation is 1. The average Bonchev–Trinajstić information content (AvgIpc) is 3.01. The molecular formula is C17H22N4O3S. The molecule has 0 spiro atoms. The summed E-state index contributed by atoms with van der Waals surface area (Å²) in [6.07, 6.45) is 4.69. The highest BCUT2D eigenvalue weighted by molar-refractivity contribution is 7.89. The molecule has 25 heavy (non-hydrogen) atoms. The van der Waals surface area contributed by atoms with Crippen molar-refractivity contribution in [2.45, 2.75) is 37.5 Å². The summed E-state index contributed by atoms with van der Waals surface area (Å²) in [4.78, 5) is 21.0. The van der Waals surface area contributed by atoms with Crippen LogP contribution in [0.25, 0.3) is 0 Å². The molecule has 1 aromatic heterocycles. The fraction of sp³-hybridized carbons (Fsp3) is 0.412. The second kappa shape index (κ2) is 7.37. The first kappa shape index (κ1) is 17.6. The van der Waals surface area contributed by atoms with Gasteiger partial charge in [-0.25, -0.2) is 18.1 Å². The minimum Gasteiger partial charge on any atom is -0.346 e. The number of aromatic amines is 1. The maximum absolute atomic E-state index is 12.4. The third-order valence-electron chi connectivity index (χ3n) is 4.22. The van der Waals surface area contributed by atoms with Crippen LogP contribution in [0.4, 0.5) is 5.69 Å². The van der Waals surface area contributed by atoms with Gasteiger partial charge in [-0.3, -0.25) is 4.79 Å². The normalized spacial score (nSPS) is 15.6. The van der Waals surface area contributed by atoms with Gasteiger partial charge in [0.05, 0.1) is 4.90 Å². The fourth-order valence-electron chi connectivity index (χ4n) is 2.89. The number of imidazole rings is 1. The van der Waals surface area contributed by atoms with Crippen molar-refractivity contribution < 1.29 is 13.2 Å². The molecule has 0 bridgehead atoms. The number of nitrogens with one attached hydrogen (secondary N) is 2. The summed E-state index contributed by atoms with van der Waals surface area (Å²) in [6, 6.07) is 6.46. The smallest absolute Gasteiger partial charge is 0.240 e. The van der Waals surface area contributed by atoms with E-state index in [4.69, 9.17) is 0 Å². The second-order valence-electron chi connectivity index (χ2n) is 6.14. The van der Waals surface area contributed by atoms with Crippen molar-refractivity contribution >= 4 is 21.6 Å². The topological polar surface area (TPSA) is 95.2 Å². The van der Waals surface area contributed by atoms with Crippen LogP contribution in [0.3, 0.4) is 0 Å². The summed E-state index contributed by atoms with van der Waals surface area (Å²) in [5.41, 5.74) is 1.63. The Balaban J connectivity index is 1.62. The highest BCUT2D eigenvalue weighted by atomic mass is 32.2. The largest absolute Gasteiger partial charge is 0.346 e.